The van der Waals surface area contributed by atoms with Crippen LogP contribution in [0.4, 0.5) is 0 Å². The molecule has 0 saturated carbocycles. The van der Waals surface area contributed by atoms with E-state index in [0.29, 0.717) is 12.1 Å². The van der Waals surface area contributed by atoms with E-state index in [0.717, 1.165) is 0 Å². The van der Waals surface area contributed by atoms with Crippen molar-refractivity contribution < 1.29 is 14.7 Å². The Balaban J connectivity index is 2.71. The first kappa shape index (κ1) is 13.0. The Morgan fingerprint density at radius 1 is 1.65 bits per heavy atom. The summed E-state index contributed by atoms with van der Waals surface area (Å²) in [6.45, 7) is 5.24. The van der Waals surface area contributed by atoms with Crippen LogP contribution >= 0.6 is 0 Å². The van der Waals surface area contributed by atoms with Crippen LogP contribution in [0.2, 0.25) is 0 Å². The summed E-state index contributed by atoms with van der Waals surface area (Å²) in [5.41, 5.74) is 0.350. The van der Waals surface area contributed by atoms with Crippen LogP contribution in [0.25, 0.3) is 0 Å². The van der Waals surface area contributed by atoms with Crippen molar-refractivity contribution in [1.29, 1.82) is 0 Å². The average molecular weight is 236 g/mol. The molecular weight excluding hydrogens is 220 g/mol. The SMILES string of the molecule is C=CCC(C)NC(=O)c1cccn1CC(=O)O. The van der Waals surface area contributed by atoms with E-state index in [2.05, 4.69) is 11.9 Å². The predicted molar refractivity (Wildman–Crippen MR) is 63.8 cm³/mol. The van der Waals surface area contributed by atoms with Crippen LogP contribution < -0.4 is 5.32 Å². The van der Waals surface area contributed by atoms with Gasteiger partial charge in [-0.25, -0.2) is 0 Å². The molecule has 0 aliphatic carbocycles. The zero-order valence-corrected chi connectivity index (χ0v) is 9.72. The van der Waals surface area contributed by atoms with Crippen LogP contribution in [0.3, 0.4) is 0 Å². The third kappa shape index (κ3) is 3.79. The topological polar surface area (TPSA) is 71.3 Å². The van der Waals surface area contributed by atoms with E-state index in [1.807, 2.05) is 6.92 Å². The number of amides is 1. The largest absolute Gasteiger partial charge is 0.480 e. The van der Waals surface area contributed by atoms with Gasteiger partial charge in [0, 0.05) is 12.2 Å². The first-order chi connectivity index (χ1) is 8.04. The molecule has 1 heterocycles. The highest BCUT2D eigenvalue weighted by molar-refractivity contribution is 5.93. The molecule has 17 heavy (non-hydrogen) atoms. The summed E-state index contributed by atoms with van der Waals surface area (Å²) < 4.78 is 1.40. The van der Waals surface area contributed by atoms with Crippen molar-refractivity contribution in [2.24, 2.45) is 0 Å². The molecule has 0 aliphatic rings. The number of aromatic nitrogens is 1. The van der Waals surface area contributed by atoms with Crippen LogP contribution in [0.15, 0.2) is 31.0 Å². The van der Waals surface area contributed by atoms with Crippen LogP contribution in [-0.4, -0.2) is 27.6 Å². The predicted octanol–water partition coefficient (Wildman–Crippen LogP) is 1.27. The molecule has 1 aromatic heterocycles. The Morgan fingerprint density at radius 3 is 2.94 bits per heavy atom. The zero-order valence-electron chi connectivity index (χ0n) is 9.72. The van der Waals surface area contributed by atoms with Crippen molar-refractivity contribution in [2.45, 2.75) is 25.9 Å². The number of nitrogens with one attached hydrogen (secondary N) is 1. The number of carbonyl (C=O) groups is 2. The van der Waals surface area contributed by atoms with Crippen LogP contribution in [-0.2, 0) is 11.3 Å². The maximum Gasteiger partial charge on any atom is 0.323 e. The standard InChI is InChI=1S/C12H16N2O3/c1-3-5-9(2)13-12(17)10-6-4-7-14(10)8-11(15)16/h3-4,6-7,9H,1,5,8H2,2H3,(H,13,17)(H,15,16). The average Bonchev–Trinajstić information content (AvgIpc) is 2.65. The number of carboxylic acid groups (broad SMARTS) is 1. The molecule has 1 unspecified atom stereocenters. The number of hydrogen-bond donors (Lipinski definition) is 2. The zero-order chi connectivity index (χ0) is 12.8. The van der Waals surface area contributed by atoms with Crippen molar-refractivity contribution >= 4 is 11.9 Å². The quantitative estimate of drug-likeness (QED) is 0.730. The molecule has 5 nitrogen and oxygen atoms in total. The Bertz CT molecular complexity index is 423. The summed E-state index contributed by atoms with van der Waals surface area (Å²) in [5, 5.41) is 11.5. The van der Waals surface area contributed by atoms with Gasteiger partial charge in [-0.3, -0.25) is 9.59 Å². The lowest BCUT2D eigenvalue weighted by Crippen LogP contribution is -2.33. The van der Waals surface area contributed by atoms with Crippen LogP contribution in [0, 0.1) is 0 Å². The second-order valence-electron chi connectivity index (χ2n) is 3.81. The highest BCUT2D eigenvalue weighted by Crippen LogP contribution is 2.03. The normalized spacial score (nSPS) is 11.8. The number of hydrogen-bond acceptors (Lipinski definition) is 2. The van der Waals surface area contributed by atoms with Crippen molar-refractivity contribution in [1.82, 2.24) is 9.88 Å². The molecule has 0 fully saturated rings. The van der Waals surface area contributed by atoms with E-state index in [-0.39, 0.29) is 18.5 Å². The number of carbonyl (C=O) groups excluding carboxylic acids is 1. The summed E-state index contributed by atoms with van der Waals surface area (Å²) in [6, 6.07) is 3.22. The fourth-order valence-electron chi connectivity index (χ4n) is 1.51. The first-order valence-corrected chi connectivity index (χ1v) is 5.33. The van der Waals surface area contributed by atoms with Crippen molar-refractivity contribution in [2.75, 3.05) is 0 Å². The lowest BCUT2D eigenvalue weighted by molar-refractivity contribution is -0.137. The number of rotatable bonds is 6. The van der Waals surface area contributed by atoms with E-state index in [1.54, 1.807) is 24.4 Å². The molecule has 2 N–H and O–H groups in total. The van der Waals surface area contributed by atoms with Crippen molar-refractivity contribution in [3.8, 4) is 0 Å². The Hall–Kier alpha value is -2.04. The summed E-state index contributed by atoms with van der Waals surface area (Å²) in [4.78, 5) is 22.4. The molecule has 0 spiro atoms. The van der Waals surface area contributed by atoms with Gasteiger partial charge in [-0.2, -0.15) is 0 Å². The van der Waals surface area contributed by atoms with Gasteiger partial charge < -0.3 is 15.0 Å². The second kappa shape index (κ2) is 5.89. The minimum absolute atomic E-state index is 0.0202. The van der Waals surface area contributed by atoms with Crippen LogP contribution in [0.5, 0.6) is 0 Å². The van der Waals surface area contributed by atoms with Gasteiger partial charge in [-0.05, 0) is 25.5 Å². The molecule has 1 aromatic rings. The highest BCUT2D eigenvalue weighted by atomic mass is 16.4. The molecule has 1 amide bonds. The van der Waals surface area contributed by atoms with E-state index in [9.17, 15) is 9.59 Å². The van der Waals surface area contributed by atoms with Gasteiger partial charge in [0.2, 0.25) is 0 Å². The van der Waals surface area contributed by atoms with Gasteiger partial charge in [-0.1, -0.05) is 6.08 Å². The third-order valence-electron chi connectivity index (χ3n) is 2.27. The van der Waals surface area contributed by atoms with Gasteiger partial charge in [0.15, 0.2) is 0 Å². The van der Waals surface area contributed by atoms with Gasteiger partial charge in [0.1, 0.15) is 12.2 Å². The fraction of sp³-hybridized carbons (Fsp3) is 0.333. The fourth-order valence-corrected chi connectivity index (χ4v) is 1.51. The lowest BCUT2D eigenvalue weighted by Gasteiger charge is -2.12. The minimum atomic E-state index is -0.977. The Labute approximate surface area is 99.7 Å². The summed E-state index contributed by atoms with van der Waals surface area (Å²) in [5.74, 6) is -1.25. The molecule has 0 radical (unpaired) electrons. The molecule has 0 bridgehead atoms. The third-order valence-corrected chi connectivity index (χ3v) is 2.27. The van der Waals surface area contributed by atoms with E-state index >= 15 is 0 Å². The number of carboxylic acids is 1. The Kier molecular flexibility index (Phi) is 4.51. The smallest absolute Gasteiger partial charge is 0.323 e. The first-order valence-electron chi connectivity index (χ1n) is 5.33. The molecule has 5 heteroatoms. The lowest BCUT2D eigenvalue weighted by atomic mass is 10.2. The van der Waals surface area contributed by atoms with E-state index < -0.39 is 5.97 Å². The minimum Gasteiger partial charge on any atom is -0.480 e. The molecule has 0 aliphatic heterocycles. The summed E-state index contributed by atoms with van der Waals surface area (Å²) in [6.07, 6.45) is 3.97. The van der Waals surface area contributed by atoms with Gasteiger partial charge in [0.25, 0.3) is 5.91 Å². The van der Waals surface area contributed by atoms with Crippen molar-refractivity contribution in [3.63, 3.8) is 0 Å². The number of aliphatic carboxylic acids is 1. The van der Waals surface area contributed by atoms with Gasteiger partial charge in [-0.15, -0.1) is 6.58 Å². The molecule has 0 aromatic carbocycles. The molecular formula is C12H16N2O3. The van der Waals surface area contributed by atoms with Crippen molar-refractivity contribution in [3.05, 3.63) is 36.7 Å². The Morgan fingerprint density at radius 2 is 2.35 bits per heavy atom. The molecule has 0 saturated heterocycles. The van der Waals surface area contributed by atoms with Gasteiger partial charge >= 0.3 is 5.97 Å². The van der Waals surface area contributed by atoms with Gasteiger partial charge in [0.05, 0.1) is 0 Å². The van der Waals surface area contributed by atoms with E-state index in [4.69, 9.17) is 5.11 Å². The second-order valence-corrected chi connectivity index (χ2v) is 3.81. The highest BCUT2D eigenvalue weighted by Gasteiger charge is 2.14. The molecule has 1 atom stereocenters. The van der Waals surface area contributed by atoms with Crippen LogP contribution in [0.1, 0.15) is 23.8 Å². The monoisotopic (exact) mass is 236 g/mol. The molecule has 1 rings (SSSR count). The maximum atomic E-state index is 11.8. The van der Waals surface area contributed by atoms with E-state index in [1.165, 1.54) is 4.57 Å². The molecule has 92 valence electrons. The summed E-state index contributed by atoms with van der Waals surface area (Å²) in [7, 11) is 0. The number of nitrogens with zero attached hydrogens (tertiary/aromatic N) is 1. The maximum absolute atomic E-state index is 11.8. The summed E-state index contributed by atoms with van der Waals surface area (Å²) >= 11 is 0.